The first-order valence-corrected chi connectivity index (χ1v) is 16.4. The van der Waals surface area contributed by atoms with Crippen LogP contribution in [0.15, 0.2) is 90.3 Å². The van der Waals surface area contributed by atoms with Crippen LogP contribution in [0.3, 0.4) is 0 Å². The van der Waals surface area contributed by atoms with E-state index in [1.165, 1.54) is 29.1 Å². The molecule has 0 radical (unpaired) electrons. The van der Waals surface area contributed by atoms with E-state index in [0.29, 0.717) is 17.9 Å². The maximum Gasteiger partial charge on any atom is 0.416 e. The molecule has 0 N–H and O–H groups in total. The lowest BCUT2D eigenvalue weighted by molar-refractivity contribution is -0.137. The van der Waals surface area contributed by atoms with Crippen LogP contribution >= 0.6 is 0 Å². The van der Waals surface area contributed by atoms with Gasteiger partial charge in [0.25, 0.3) is 0 Å². The molecular formula is C37H44F3N5. The molecule has 0 bridgehead atoms. The molecule has 0 amide bonds. The van der Waals surface area contributed by atoms with E-state index in [-0.39, 0.29) is 0 Å². The zero-order chi connectivity index (χ0) is 31.6. The molecule has 0 aromatic heterocycles. The molecule has 3 aromatic carbocycles. The summed E-state index contributed by atoms with van der Waals surface area (Å²) in [7, 11) is 0. The number of benzene rings is 3. The molecule has 1 saturated carbocycles. The molecule has 45 heavy (non-hydrogen) atoms. The lowest BCUT2D eigenvalue weighted by Crippen LogP contribution is -2.46. The number of rotatable bonds is 9. The highest BCUT2D eigenvalue weighted by atomic mass is 19.4. The van der Waals surface area contributed by atoms with Gasteiger partial charge in [-0.3, -0.25) is 4.90 Å². The third-order valence-electron chi connectivity index (χ3n) is 10.0. The first-order chi connectivity index (χ1) is 21.7. The highest BCUT2D eigenvalue weighted by Gasteiger charge is 2.31. The Morgan fingerprint density at radius 1 is 0.822 bits per heavy atom. The molecule has 8 heteroatoms. The fourth-order valence-electron chi connectivity index (χ4n) is 6.98. The summed E-state index contributed by atoms with van der Waals surface area (Å²) < 4.78 is 38.7. The molecule has 238 valence electrons. The average Bonchev–Trinajstić information content (AvgIpc) is 3.70. The van der Waals surface area contributed by atoms with Gasteiger partial charge in [-0.25, -0.2) is 5.01 Å². The smallest absolute Gasteiger partial charge is 0.368 e. The minimum Gasteiger partial charge on any atom is -0.368 e. The van der Waals surface area contributed by atoms with E-state index < -0.39 is 11.7 Å². The van der Waals surface area contributed by atoms with Gasteiger partial charge in [0.1, 0.15) is 12.2 Å². The number of anilines is 3. The zero-order valence-corrected chi connectivity index (χ0v) is 26.4. The molecule has 3 atom stereocenters. The largest absolute Gasteiger partial charge is 0.416 e. The van der Waals surface area contributed by atoms with Crippen LogP contribution in [0.1, 0.15) is 68.6 Å². The Labute approximate surface area is 265 Å². The maximum absolute atomic E-state index is 12.9. The van der Waals surface area contributed by atoms with E-state index in [1.54, 1.807) is 12.1 Å². The summed E-state index contributed by atoms with van der Waals surface area (Å²) in [5.41, 5.74) is 5.42. The normalized spacial score (nSPS) is 21.2. The molecule has 2 unspecified atom stereocenters. The minimum absolute atomic E-state index is 0.321. The van der Waals surface area contributed by atoms with Gasteiger partial charge < -0.3 is 9.80 Å². The minimum atomic E-state index is -4.27. The number of hydrogen-bond donors (Lipinski definition) is 0. The zero-order valence-electron chi connectivity index (χ0n) is 26.4. The van der Waals surface area contributed by atoms with Crippen molar-refractivity contribution >= 4 is 23.4 Å². The van der Waals surface area contributed by atoms with Crippen molar-refractivity contribution in [3.05, 3.63) is 102 Å². The SMILES string of the molecule is C=C1N(c2ccc(N3CCN(c4ccc(CC[C@@H]5CCC(c6ccc(C(F)(F)F)cc6)C5)cc4)CC3)cc2)C=NN1C(C)CC. The second-order valence-corrected chi connectivity index (χ2v) is 12.8. The predicted octanol–water partition coefficient (Wildman–Crippen LogP) is 8.88. The molecule has 2 aliphatic heterocycles. The van der Waals surface area contributed by atoms with Crippen LogP contribution in [0.2, 0.25) is 0 Å². The summed E-state index contributed by atoms with van der Waals surface area (Å²) in [6, 6.07) is 23.9. The van der Waals surface area contributed by atoms with E-state index in [9.17, 15) is 13.2 Å². The molecule has 5 nitrogen and oxygen atoms in total. The quantitative estimate of drug-likeness (QED) is 0.240. The van der Waals surface area contributed by atoms with Crippen LogP contribution in [0.4, 0.5) is 30.2 Å². The van der Waals surface area contributed by atoms with Crippen LogP contribution < -0.4 is 14.7 Å². The number of piperazine rings is 1. The first-order valence-electron chi connectivity index (χ1n) is 16.4. The monoisotopic (exact) mass is 615 g/mol. The van der Waals surface area contributed by atoms with Gasteiger partial charge in [0, 0.05) is 43.2 Å². The molecule has 0 spiro atoms. The Morgan fingerprint density at radius 2 is 1.40 bits per heavy atom. The maximum atomic E-state index is 12.9. The van der Waals surface area contributed by atoms with Crippen LogP contribution in [0.25, 0.3) is 0 Å². The van der Waals surface area contributed by atoms with E-state index in [1.807, 2.05) is 16.2 Å². The number of hydrogen-bond acceptors (Lipinski definition) is 5. The van der Waals surface area contributed by atoms with Crippen molar-refractivity contribution < 1.29 is 13.2 Å². The summed E-state index contributed by atoms with van der Waals surface area (Å²) >= 11 is 0. The van der Waals surface area contributed by atoms with Gasteiger partial charge in [-0.05, 0) is 117 Å². The van der Waals surface area contributed by atoms with Crippen molar-refractivity contribution in [2.75, 3.05) is 40.9 Å². The topological polar surface area (TPSA) is 25.3 Å². The lowest BCUT2D eigenvalue weighted by Gasteiger charge is -2.37. The van der Waals surface area contributed by atoms with E-state index in [0.717, 1.165) is 81.8 Å². The second kappa shape index (κ2) is 13.2. The summed E-state index contributed by atoms with van der Waals surface area (Å²) in [5, 5.41) is 6.53. The number of aryl methyl sites for hydroxylation is 1. The fourth-order valence-corrected chi connectivity index (χ4v) is 6.98. The average molecular weight is 616 g/mol. The van der Waals surface area contributed by atoms with Crippen LogP contribution in [0.5, 0.6) is 0 Å². The summed E-state index contributed by atoms with van der Waals surface area (Å²) in [6.07, 6.45) is 4.04. The standard InChI is InChI=1S/C37H44F3N5/c1-4-27(2)45-28(3)44(26-41-45)36-19-17-35(18-20-36)43-23-21-42(22-24-43)34-15-8-29(9-16-34)5-6-30-7-10-32(25-30)31-11-13-33(14-12-31)37(38,39)40/h8-9,11-20,26-27,30,32H,3-7,10,21-25H2,1-2H3/t27?,30-,32?/m1/s1. The van der Waals surface area contributed by atoms with Crippen molar-refractivity contribution in [3.63, 3.8) is 0 Å². The Bertz CT molecular complexity index is 1460. The van der Waals surface area contributed by atoms with Gasteiger partial charge in [0.05, 0.1) is 11.6 Å². The van der Waals surface area contributed by atoms with Gasteiger partial charge in [-0.1, -0.05) is 37.8 Å². The van der Waals surface area contributed by atoms with Crippen molar-refractivity contribution in [1.82, 2.24) is 5.01 Å². The first kappa shape index (κ1) is 31.1. The van der Waals surface area contributed by atoms with Gasteiger partial charge in [0.2, 0.25) is 0 Å². The van der Waals surface area contributed by atoms with Gasteiger partial charge in [-0.2, -0.15) is 18.3 Å². The van der Waals surface area contributed by atoms with Crippen molar-refractivity contribution in [3.8, 4) is 0 Å². The third kappa shape index (κ3) is 7.00. The molecule has 1 aliphatic carbocycles. The number of nitrogens with zero attached hydrogens (tertiary/aromatic N) is 5. The molecule has 2 heterocycles. The second-order valence-electron chi connectivity index (χ2n) is 12.8. The third-order valence-corrected chi connectivity index (χ3v) is 10.0. The van der Waals surface area contributed by atoms with Crippen LogP contribution in [-0.2, 0) is 12.6 Å². The van der Waals surface area contributed by atoms with E-state index in [2.05, 4.69) is 83.9 Å². The fraction of sp³-hybridized carbons (Fsp3) is 0.432. The van der Waals surface area contributed by atoms with Crippen molar-refractivity contribution in [2.45, 2.75) is 70.5 Å². The summed E-state index contributed by atoms with van der Waals surface area (Å²) in [5.74, 6) is 1.89. The summed E-state index contributed by atoms with van der Waals surface area (Å²) in [4.78, 5) is 6.96. The number of hydrazone groups is 1. The highest BCUT2D eigenvalue weighted by Crippen LogP contribution is 2.41. The Morgan fingerprint density at radius 3 is 1.98 bits per heavy atom. The Balaban J connectivity index is 0.949. The van der Waals surface area contributed by atoms with Crippen molar-refractivity contribution in [2.24, 2.45) is 11.0 Å². The van der Waals surface area contributed by atoms with E-state index >= 15 is 0 Å². The lowest BCUT2D eigenvalue weighted by atomic mass is 9.93. The van der Waals surface area contributed by atoms with Crippen molar-refractivity contribution in [1.29, 1.82) is 0 Å². The Kier molecular flexibility index (Phi) is 9.11. The molecule has 2 fully saturated rings. The molecule has 3 aromatic rings. The number of halogens is 3. The van der Waals surface area contributed by atoms with Crippen LogP contribution in [0, 0.1) is 5.92 Å². The Hall–Kier alpha value is -3.94. The predicted molar refractivity (Wildman–Crippen MR) is 179 cm³/mol. The van der Waals surface area contributed by atoms with Gasteiger partial charge in [0.15, 0.2) is 0 Å². The van der Waals surface area contributed by atoms with Crippen LogP contribution in [-0.4, -0.2) is 43.6 Å². The summed E-state index contributed by atoms with van der Waals surface area (Å²) in [6.45, 7) is 12.5. The van der Waals surface area contributed by atoms with Gasteiger partial charge in [-0.15, -0.1) is 0 Å². The molecular weight excluding hydrogens is 571 g/mol. The highest BCUT2D eigenvalue weighted by molar-refractivity contribution is 5.85. The molecule has 3 aliphatic rings. The number of alkyl halides is 3. The molecule has 6 rings (SSSR count). The molecule has 1 saturated heterocycles. The van der Waals surface area contributed by atoms with Gasteiger partial charge >= 0.3 is 6.18 Å². The van der Waals surface area contributed by atoms with E-state index in [4.69, 9.17) is 0 Å².